The van der Waals surface area contributed by atoms with Gasteiger partial charge in [-0.3, -0.25) is 0 Å². The van der Waals surface area contributed by atoms with Gasteiger partial charge in [0, 0.05) is 11.5 Å². The molecule has 1 aromatic carbocycles. The molecule has 8 atom stereocenters. The predicted octanol–water partition coefficient (Wildman–Crippen LogP) is 3.96. The van der Waals surface area contributed by atoms with Crippen LogP contribution in [0.4, 0.5) is 0 Å². The zero-order valence-corrected chi connectivity index (χ0v) is 16.4. The molecule has 4 nitrogen and oxygen atoms in total. The van der Waals surface area contributed by atoms with Crippen LogP contribution in [-0.2, 0) is 11.2 Å². The summed E-state index contributed by atoms with van der Waals surface area (Å²) in [5, 5.41) is 29.5. The van der Waals surface area contributed by atoms with Crippen LogP contribution in [-0.4, -0.2) is 27.4 Å². The van der Waals surface area contributed by atoms with E-state index in [1.165, 1.54) is 5.56 Å². The lowest BCUT2D eigenvalue weighted by Gasteiger charge is -2.54. The van der Waals surface area contributed by atoms with Gasteiger partial charge in [-0.2, -0.15) is 0 Å². The lowest BCUT2D eigenvalue weighted by atomic mass is 9.50. The van der Waals surface area contributed by atoms with Gasteiger partial charge in [-0.05, 0) is 85.0 Å². The molecule has 2 fully saturated rings. The highest BCUT2D eigenvalue weighted by atomic mass is 16.4. The highest BCUT2D eigenvalue weighted by molar-refractivity contribution is 5.88. The van der Waals surface area contributed by atoms with Crippen molar-refractivity contribution in [3.05, 3.63) is 65.8 Å². The van der Waals surface area contributed by atoms with Crippen molar-refractivity contribution in [2.45, 2.75) is 31.8 Å². The van der Waals surface area contributed by atoms with E-state index in [9.17, 15) is 20.1 Å². The third kappa shape index (κ3) is 3.05. The van der Waals surface area contributed by atoms with Crippen LogP contribution in [0.2, 0.25) is 0 Å². The lowest BCUT2D eigenvalue weighted by Crippen LogP contribution is -2.50. The second-order valence-electron chi connectivity index (χ2n) is 9.21. The van der Waals surface area contributed by atoms with Crippen LogP contribution in [0, 0.1) is 41.4 Å². The van der Waals surface area contributed by atoms with Gasteiger partial charge in [0.25, 0.3) is 0 Å². The number of carboxylic acids is 1. The molecule has 3 N–H and O–H groups in total. The molecule has 1 aromatic rings. The Labute approximate surface area is 171 Å². The Bertz CT molecular complexity index is 881. The summed E-state index contributed by atoms with van der Waals surface area (Å²) in [6, 6.07) is 7.34. The SMILES string of the molecule is O=C(O)C1=C[C@H](O)[C@@H]2C[C@H]3[C@H](CC/C=C/Cc4ccc(O)cc4)[C@H]4C=C[C@@H]1[C@@H]2[C@H]43. The van der Waals surface area contributed by atoms with Gasteiger partial charge in [-0.15, -0.1) is 0 Å². The smallest absolute Gasteiger partial charge is 0.331 e. The first-order valence-corrected chi connectivity index (χ1v) is 10.8. The van der Waals surface area contributed by atoms with Crippen LogP contribution in [0.5, 0.6) is 5.75 Å². The molecular formula is C25H28O4. The average Bonchev–Trinajstić information content (AvgIpc) is 3.07. The number of carbonyl (C=O) groups is 1. The van der Waals surface area contributed by atoms with Crippen molar-refractivity contribution in [2.75, 3.05) is 0 Å². The molecule has 4 heteroatoms. The molecule has 0 unspecified atom stereocenters. The summed E-state index contributed by atoms with van der Waals surface area (Å²) in [4.78, 5) is 11.6. The van der Waals surface area contributed by atoms with Gasteiger partial charge in [-0.1, -0.05) is 36.4 Å². The third-order valence-corrected chi connectivity index (χ3v) is 7.94. The van der Waals surface area contributed by atoms with Gasteiger partial charge < -0.3 is 15.3 Å². The van der Waals surface area contributed by atoms with Gasteiger partial charge in [0.2, 0.25) is 0 Å². The number of aliphatic hydroxyl groups is 1. The molecule has 5 rings (SSSR count). The number of hydrogen-bond donors (Lipinski definition) is 3. The number of hydrogen-bond acceptors (Lipinski definition) is 3. The second-order valence-corrected chi connectivity index (χ2v) is 9.21. The largest absolute Gasteiger partial charge is 0.508 e. The number of aromatic hydroxyl groups is 1. The first-order chi connectivity index (χ1) is 14.0. The number of benzene rings is 1. The van der Waals surface area contributed by atoms with E-state index in [4.69, 9.17) is 0 Å². The van der Waals surface area contributed by atoms with E-state index in [0.29, 0.717) is 40.9 Å². The second kappa shape index (κ2) is 7.17. The van der Waals surface area contributed by atoms with Crippen molar-refractivity contribution in [3.8, 4) is 5.75 Å². The Balaban J connectivity index is 1.22. The summed E-state index contributed by atoms with van der Waals surface area (Å²) >= 11 is 0. The molecule has 29 heavy (non-hydrogen) atoms. The van der Waals surface area contributed by atoms with Crippen molar-refractivity contribution in [2.24, 2.45) is 41.4 Å². The molecular weight excluding hydrogens is 364 g/mol. The lowest BCUT2D eigenvalue weighted by molar-refractivity contribution is -0.134. The van der Waals surface area contributed by atoms with E-state index < -0.39 is 12.1 Å². The van der Waals surface area contributed by atoms with Crippen LogP contribution in [0.1, 0.15) is 24.8 Å². The van der Waals surface area contributed by atoms with E-state index in [0.717, 1.165) is 25.7 Å². The van der Waals surface area contributed by atoms with E-state index in [2.05, 4.69) is 24.3 Å². The average molecular weight is 392 g/mol. The summed E-state index contributed by atoms with van der Waals surface area (Å²) in [5.41, 5.74) is 1.59. The van der Waals surface area contributed by atoms with Crippen LogP contribution < -0.4 is 0 Å². The summed E-state index contributed by atoms with van der Waals surface area (Å²) in [7, 11) is 0. The zero-order chi connectivity index (χ0) is 20.1. The quantitative estimate of drug-likeness (QED) is 0.641. The molecule has 0 spiro atoms. The van der Waals surface area contributed by atoms with Gasteiger partial charge in [0.05, 0.1) is 6.10 Å². The normalized spacial score (nSPS) is 39.1. The maximum atomic E-state index is 11.6. The fourth-order valence-electron chi connectivity index (χ4n) is 6.76. The van der Waals surface area contributed by atoms with E-state index in [1.807, 2.05) is 12.1 Å². The van der Waals surface area contributed by atoms with Crippen molar-refractivity contribution in [1.29, 1.82) is 0 Å². The van der Waals surface area contributed by atoms with Gasteiger partial charge >= 0.3 is 5.97 Å². The molecule has 2 saturated carbocycles. The summed E-state index contributed by atoms with van der Waals surface area (Å²) in [5.74, 6) is 2.32. The molecule has 152 valence electrons. The standard InChI is InChI=1S/C25H28O4/c26-15-8-6-14(7-9-15)4-2-1-3-5-16-17-10-11-18-20(25(28)29)13-22(27)21-12-19(16)23(17)24(18)21/h1-2,6-11,13,16-19,21-24,26-27H,3-5,12H2,(H,28,29)/b2-1+/t16-,17-,18+,19+,21+,22+,23-,24+/m1/s1. The minimum absolute atomic E-state index is 0.0155. The number of carboxylic acid groups (broad SMARTS) is 1. The first kappa shape index (κ1) is 18.7. The monoisotopic (exact) mass is 392 g/mol. The van der Waals surface area contributed by atoms with Crippen LogP contribution in [0.25, 0.3) is 0 Å². The van der Waals surface area contributed by atoms with Crippen molar-refractivity contribution in [1.82, 2.24) is 0 Å². The molecule has 0 aliphatic heterocycles. The van der Waals surface area contributed by atoms with Crippen molar-refractivity contribution in [3.63, 3.8) is 0 Å². The molecule has 0 saturated heterocycles. The fraction of sp³-hybridized carbons (Fsp3) is 0.480. The predicted molar refractivity (Wildman–Crippen MR) is 110 cm³/mol. The Hall–Kier alpha value is -2.33. The number of aliphatic carboxylic acids is 1. The number of allylic oxidation sites excluding steroid dienone is 4. The summed E-state index contributed by atoms with van der Waals surface area (Å²) < 4.78 is 0. The number of phenolic OH excluding ortho intramolecular Hbond substituents is 1. The van der Waals surface area contributed by atoms with Crippen LogP contribution >= 0.6 is 0 Å². The highest BCUT2D eigenvalue weighted by Crippen LogP contribution is 2.67. The molecule has 4 aliphatic rings. The molecule has 4 aliphatic carbocycles. The maximum absolute atomic E-state index is 11.6. The van der Waals surface area contributed by atoms with Gasteiger partial charge in [-0.25, -0.2) is 4.79 Å². The minimum atomic E-state index is -0.881. The van der Waals surface area contributed by atoms with Gasteiger partial charge in [0.15, 0.2) is 0 Å². The maximum Gasteiger partial charge on any atom is 0.331 e. The minimum Gasteiger partial charge on any atom is -0.508 e. The van der Waals surface area contributed by atoms with Crippen LogP contribution in [0.3, 0.4) is 0 Å². The summed E-state index contributed by atoms with van der Waals surface area (Å²) in [6.45, 7) is 0. The van der Waals surface area contributed by atoms with Gasteiger partial charge in [0.1, 0.15) is 5.75 Å². The molecule has 0 heterocycles. The van der Waals surface area contributed by atoms with Crippen molar-refractivity contribution >= 4 is 5.97 Å². The number of rotatable bonds is 6. The number of phenols is 1. The first-order valence-electron chi connectivity index (χ1n) is 10.8. The Morgan fingerprint density at radius 2 is 1.86 bits per heavy atom. The molecule has 0 bridgehead atoms. The Kier molecular flexibility index (Phi) is 4.62. The van der Waals surface area contributed by atoms with E-state index in [1.54, 1.807) is 18.2 Å². The Morgan fingerprint density at radius 3 is 2.62 bits per heavy atom. The zero-order valence-electron chi connectivity index (χ0n) is 16.4. The fourth-order valence-corrected chi connectivity index (χ4v) is 6.76. The molecule has 0 radical (unpaired) electrons. The van der Waals surface area contributed by atoms with E-state index in [-0.39, 0.29) is 11.8 Å². The summed E-state index contributed by atoms with van der Waals surface area (Å²) in [6.07, 6.45) is 14.0. The topological polar surface area (TPSA) is 77.8 Å². The highest BCUT2D eigenvalue weighted by Gasteiger charge is 2.63. The third-order valence-electron chi connectivity index (χ3n) is 7.94. The van der Waals surface area contributed by atoms with Crippen LogP contribution in [0.15, 0.2) is 60.2 Å². The molecule has 0 amide bonds. The molecule has 0 aromatic heterocycles. The Morgan fingerprint density at radius 1 is 1.07 bits per heavy atom. The van der Waals surface area contributed by atoms with Crippen molar-refractivity contribution < 1.29 is 20.1 Å². The number of aliphatic hydroxyl groups excluding tert-OH is 1. The van der Waals surface area contributed by atoms with E-state index >= 15 is 0 Å².